The number of halogens is 1. The molecular weight excluding hydrogens is 652 g/mol. The van der Waals surface area contributed by atoms with Crippen molar-refractivity contribution in [3.8, 4) is 11.5 Å². The van der Waals surface area contributed by atoms with Crippen LogP contribution in [-0.2, 0) is 11.3 Å². The third-order valence-corrected chi connectivity index (χ3v) is 9.55. The summed E-state index contributed by atoms with van der Waals surface area (Å²) in [6.45, 7) is 5.67. The number of fused-ring (bicyclic) bond motifs is 1. The number of rotatable bonds is 15. The number of para-hydroxylation sites is 3. The molecule has 6 rings (SSSR count). The van der Waals surface area contributed by atoms with Crippen molar-refractivity contribution < 1.29 is 24.2 Å². The molecule has 4 aromatic carbocycles. The number of nitrogens with zero attached hydrogens (tertiary/aromatic N) is 4. The molecule has 0 saturated carbocycles. The smallest absolute Gasteiger partial charge is 0.303 e. The molecule has 10 heteroatoms. The number of aryl methyl sites for hydroxylation is 1. The summed E-state index contributed by atoms with van der Waals surface area (Å²) >= 11 is 6.17. The molecule has 50 heavy (non-hydrogen) atoms. The van der Waals surface area contributed by atoms with Gasteiger partial charge in [0.05, 0.1) is 25.1 Å². The number of ketones is 1. The van der Waals surface area contributed by atoms with E-state index in [1.807, 2.05) is 108 Å². The standard InChI is InChI=1S/C40H43ClN4O5/c1-42(31-17-15-30(41)16-18-31)35-19-14-29(40(48)33-28-45(21-7-13-39(46)47)34-10-4-3-9-32(33)34)27-38(35)50-26-8-20-43-22-24-44(25-23-43)36-11-5-6-12-37(36)49-2/h3-6,9-12,14-19,27-28H,7-8,13,20-26H2,1-2H3,(H,46,47). The number of carboxylic acid groups (broad SMARTS) is 1. The zero-order valence-electron chi connectivity index (χ0n) is 28.6. The fourth-order valence-electron chi connectivity index (χ4n) is 6.59. The molecule has 0 spiro atoms. The number of ether oxygens (including phenoxy) is 2. The van der Waals surface area contributed by atoms with E-state index in [1.54, 1.807) is 7.11 Å². The van der Waals surface area contributed by atoms with Crippen LogP contribution in [0, 0.1) is 0 Å². The summed E-state index contributed by atoms with van der Waals surface area (Å²) in [6.07, 6.45) is 3.22. The second-order valence-electron chi connectivity index (χ2n) is 12.5. The van der Waals surface area contributed by atoms with Gasteiger partial charge in [-0.1, -0.05) is 41.9 Å². The number of piperazine rings is 1. The van der Waals surface area contributed by atoms with Crippen LogP contribution in [0.5, 0.6) is 11.5 Å². The molecule has 0 bridgehead atoms. The highest BCUT2D eigenvalue weighted by atomic mass is 35.5. The molecule has 1 N–H and O–H groups in total. The zero-order chi connectivity index (χ0) is 35.0. The molecule has 2 heterocycles. The zero-order valence-corrected chi connectivity index (χ0v) is 29.3. The van der Waals surface area contributed by atoms with Gasteiger partial charge in [0.25, 0.3) is 0 Å². The highest BCUT2D eigenvalue weighted by Crippen LogP contribution is 2.36. The maximum Gasteiger partial charge on any atom is 0.303 e. The lowest BCUT2D eigenvalue weighted by atomic mass is 10.0. The van der Waals surface area contributed by atoms with Crippen molar-refractivity contribution >= 4 is 51.3 Å². The van der Waals surface area contributed by atoms with Crippen molar-refractivity contribution in [1.29, 1.82) is 0 Å². The van der Waals surface area contributed by atoms with E-state index in [-0.39, 0.29) is 12.2 Å². The molecular formula is C40H43ClN4O5. The van der Waals surface area contributed by atoms with Crippen LogP contribution in [0.1, 0.15) is 35.2 Å². The van der Waals surface area contributed by atoms with Gasteiger partial charge in [-0.25, -0.2) is 0 Å². The second kappa shape index (κ2) is 16.1. The largest absolute Gasteiger partial charge is 0.495 e. The van der Waals surface area contributed by atoms with E-state index in [0.717, 1.165) is 72.9 Å². The van der Waals surface area contributed by atoms with Gasteiger partial charge in [0.15, 0.2) is 5.78 Å². The van der Waals surface area contributed by atoms with E-state index in [4.69, 9.17) is 26.2 Å². The minimum absolute atomic E-state index is 0.0677. The molecule has 9 nitrogen and oxygen atoms in total. The quantitative estimate of drug-likeness (QED) is 0.0879. The van der Waals surface area contributed by atoms with Gasteiger partial charge in [0.1, 0.15) is 11.5 Å². The predicted octanol–water partition coefficient (Wildman–Crippen LogP) is 7.76. The summed E-state index contributed by atoms with van der Waals surface area (Å²) < 4.78 is 14.0. The molecule has 260 valence electrons. The van der Waals surface area contributed by atoms with E-state index in [1.165, 1.54) is 0 Å². The van der Waals surface area contributed by atoms with E-state index in [0.29, 0.717) is 41.5 Å². The number of aliphatic carboxylic acids is 1. The Morgan fingerprint density at radius 3 is 2.36 bits per heavy atom. The Kier molecular flexibility index (Phi) is 11.3. The van der Waals surface area contributed by atoms with Crippen molar-refractivity contribution in [1.82, 2.24) is 9.47 Å². The first kappa shape index (κ1) is 34.9. The normalized spacial score (nSPS) is 13.4. The van der Waals surface area contributed by atoms with Gasteiger partial charge in [-0.15, -0.1) is 0 Å². The SMILES string of the molecule is COc1ccccc1N1CCN(CCCOc2cc(C(=O)c3cn(CCCC(=O)O)c4ccccc34)ccc2N(C)c2ccc(Cl)cc2)CC1. The Bertz CT molecular complexity index is 1930. The molecule has 0 atom stereocenters. The van der Waals surface area contributed by atoms with Crippen LogP contribution in [0.15, 0.2) is 97.2 Å². The van der Waals surface area contributed by atoms with Crippen molar-refractivity contribution in [2.75, 3.05) is 63.3 Å². The minimum atomic E-state index is -0.833. The number of carboxylic acids is 1. The first-order valence-corrected chi connectivity index (χ1v) is 17.4. The number of hydrogen-bond acceptors (Lipinski definition) is 7. The van der Waals surface area contributed by atoms with Gasteiger partial charge < -0.3 is 28.9 Å². The van der Waals surface area contributed by atoms with Gasteiger partial charge in [-0.05, 0) is 73.5 Å². The number of benzene rings is 4. The third-order valence-electron chi connectivity index (χ3n) is 9.29. The number of methoxy groups -OCH3 is 1. The van der Waals surface area contributed by atoms with Gasteiger partial charge in [-0.3, -0.25) is 14.5 Å². The van der Waals surface area contributed by atoms with Gasteiger partial charge >= 0.3 is 5.97 Å². The fraction of sp³-hybridized carbons (Fsp3) is 0.300. The number of hydrogen-bond donors (Lipinski definition) is 1. The Morgan fingerprint density at radius 2 is 1.60 bits per heavy atom. The summed E-state index contributed by atoms with van der Waals surface area (Å²) in [5.74, 6) is 0.577. The summed E-state index contributed by atoms with van der Waals surface area (Å²) in [7, 11) is 3.68. The molecule has 1 aliphatic heterocycles. The number of carbonyl (C=O) groups is 2. The highest BCUT2D eigenvalue weighted by molar-refractivity contribution is 6.30. The lowest BCUT2D eigenvalue weighted by Gasteiger charge is -2.36. The first-order valence-electron chi connectivity index (χ1n) is 17.0. The van der Waals surface area contributed by atoms with Gasteiger partial charge in [0, 0.05) is 91.7 Å². The van der Waals surface area contributed by atoms with Crippen LogP contribution in [0.3, 0.4) is 0 Å². The molecule has 0 amide bonds. The van der Waals surface area contributed by atoms with Crippen molar-refractivity contribution in [2.24, 2.45) is 0 Å². The average molecular weight is 695 g/mol. The lowest BCUT2D eigenvalue weighted by Crippen LogP contribution is -2.46. The maximum absolute atomic E-state index is 14.1. The van der Waals surface area contributed by atoms with E-state index in [2.05, 4.69) is 15.9 Å². The van der Waals surface area contributed by atoms with Gasteiger partial charge in [0.2, 0.25) is 0 Å². The second-order valence-corrected chi connectivity index (χ2v) is 12.9. The van der Waals surface area contributed by atoms with Crippen LogP contribution in [0.4, 0.5) is 17.1 Å². The predicted molar refractivity (Wildman–Crippen MR) is 200 cm³/mol. The van der Waals surface area contributed by atoms with Crippen molar-refractivity contribution in [3.63, 3.8) is 0 Å². The molecule has 1 fully saturated rings. The molecule has 1 aromatic heterocycles. The molecule has 0 radical (unpaired) electrons. The average Bonchev–Trinajstić information content (AvgIpc) is 3.51. The summed E-state index contributed by atoms with van der Waals surface area (Å²) in [5.41, 5.74) is 4.91. The van der Waals surface area contributed by atoms with Crippen LogP contribution in [-0.4, -0.2) is 79.8 Å². The Morgan fingerprint density at radius 1 is 0.860 bits per heavy atom. The Hall–Kier alpha value is -4.99. The summed E-state index contributed by atoms with van der Waals surface area (Å²) in [5, 5.41) is 10.6. The molecule has 1 aliphatic rings. The molecule has 0 unspecified atom stereocenters. The number of aromatic nitrogens is 1. The molecule has 1 saturated heterocycles. The fourth-order valence-corrected chi connectivity index (χ4v) is 6.72. The lowest BCUT2D eigenvalue weighted by molar-refractivity contribution is -0.137. The van der Waals surface area contributed by atoms with Gasteiger partial charge in [-0.2, -0.15) is 0 Å². The topological polar surface area (TPSA) is 87.5 Å². The van der Waals surface area contributed by atoms with Crippen molar-refractivity contribution in [3.05, 3.63) is 113 Å². The number of anilines is 3. The molecule has 5 aromatic rings. The van der Waals surface area contributed by atoms with Crippen LogP contribution in [0.2, 0.25) is 5.02 Å². The Labute approximate surface area is 298 Å². The third kappa shape index (κ3) is 8.07. The molecule has 0 aliphatic carbocycles. The Balaban J connectivity index is 1.17. The van der Waals surface area contributed by atoms with Crippen LogP contribution < -0.4 is 19.3 Å². The van der Waals surface area contributed by atoms with Crippen LogP contribution >= 0.6 is 11.6 Å². The number of carbonyl (C=O) groups excluding carboxylic acids is 1. The maximum atomic E-state index is 14.1. The summed E-state index contributed by atoms with van der Waals surface area (Å²) in [4.78, 5) is 32.1. The highest BCUT2D eigenvalue weighted by Gasteiger charge is 2.22. The first-order chi connectivity index (χ1) is 24.3. The summed E-state index contributed by atoms with van der Waals surface area (Å²) in [6, 6.07) is 29.1. The minimum Gasteiger partial charge on any atom is -0.495 e. The van der Waals surface area contributed by atoms with E-state index in [9.17, 15) is 9.59 Å². The monoisotopic (exact) mass is 694 g/mol. The van der Waals surface area contributed by atoms with Crippen molar-refractivity contribution in [2.45, 2.75) is 25.8 Å². The van der Waals surface area contributed by atoms with E-state index < -0.39 is 5.97 Å². The van der Waals surface area contributed by atoms with E-state index >= 15 is 0 Å². The van der Waals surface area contributed by atoms with Crippen LogP contribution in [0.25, 0.3) is 10.9 Å².